The Morgan fingerprint density at radius 1 is 0.941 bits per heavy atom. The summed E-state index contributed by atoms with van der Waals surface area (Å²) in [5, 5.41) is 10.4. The number of benzene rings is 3. The average molecular weight is 627 g/mol. The van der Waals surface area contributed by atoms with Crippen LogP contribution in [0.25, 0.3) is 33.2 Å². The number of ketones is 2. The van der Waals surface area contributed by atoms with E-state index in [1.54, 1.807) is 6.20 Å². The number of aliphatic hydroxyl groups is 1. The molecule has 0 amide bonds. The molecule has 0 saturated carbocycles. The number of rotatable bonds is 2. The third-order valence-electron chi connectivity index (χ3n) is 5.43. The van der Waals surface area contributed by atoms with Gasteiger partial charge in [0.1, 0.15) is 0 Å². The number of fused-ring (bicyclic) bond motifs is 2. The first-order valence-electron chi connectivity index (χ1n) is 10.7. The fourth-order valence-corrected chi connectivity index (χ4v) is 4.29. The van der Waals surface area contributed by atoms with Crippen LogP contribution in [-0.2, 0) is 24.9 Å². The molecule has 1 heterocycles. The van der Waals surface area contributed by atoms with Gasteiger partial charge in [0.25, 0.3) is 0 Å². The molecule has 0 unspecified atom stereocenters. The predicted octanol–water partition coefficient (Wildman–Crippen LogP) is 6.56. The van der Waals surface area contributed by atoms with Crippen molar-refractivity contribution < 1.29 is 34.8 Å². The van der Waals surface area contributed by atoms with E-state index < -0.39 is 0 Å². The van der Waals surface area contributed by atoms with Crippen molar-refractivity contribution in [3.8, 4) is 22.4 Å². The Labute approximate surface area is 212 Å². The van der Waals surface area contributed by atoms with Crippen LogP contribution in [-0.4, -0.2) is 21.7 Å². The molecule has 0 spiro atoms. The number of aryl methyl sites for hydroxylation is 2. The van der Waals surface area contributed by atoms with Gasteiger partial charge in [-0.2, -0.15) is 0 Å². The molecule has 4 nitrogen and oxygen atoms in total. The summed E-state index contributed by atoms with van der Waals surface area (Å²) >= 11 is 0. The van der Waals surface area contributed by atoms with Gasteiger partial charge >= 0.3 is 0 Å². The van der Waals surface area contributed by atoms with Crippen LogP contribution in [0.3, 0.4) is 0 Å². The Kier molecular flexibility index (Phi) is 7.61. The second kappa shape index (κ2) is 10.3. The molecule has 0 atom stereocenters. The molecule has 34 heavy (non-hydrogen) atoms. The van der Waals surface area contributed by atoms with Crippen LogP contribution in [0.1, 0.15) is 40.9 Å². The normalized spacial score (nSPS) is 11.8. The minimum absolute atomic E-state index is 0. The number of aliphatic hydroxyl groups excluding tert-OH is 1. The molecule has 1 aliphatic carbocycles. The van der Waals surface area contributed by atoms with E-state index in [0.29, 0.717) is 5.56 Å². The van der Waals surface area contributed by atoms with Gasteiger partial charge in [-0.15, -0.1) is 34.9 Å². The van der Waals surface area contributed by atoms with Crippen LogP contribution >= 0.6 is 0 Å². The second-order valence-electron chi connectivity index (χ2n) is 8.27. The standard InChI is InChI=1S/C24H16NO.C5H8O2.Ir/c1-14-10-15(2)12-16(11-14)23-20-9-5-8-18-17-6-3-4-7-19(17)24(26)21(13-25-23)22(18)20;1-4(6)3-5(2)7;/h3-11,13H,1-2H3;3,6H,1-2H3;/q-1;;/b;4-3-;. The Morgan fingerprint density at radius 3 is 2.24 bits per heavy atom. The monoisotopic (exact) mass is 627 g/mol. The van der Waals surface area contributed by atoms with Crippen molar-refractivity contribution in [2.75, 3.05) is 0 Å². The maximum absolute atomic E-state index is 13.0. The largest absolute Gasteiger partial charge is 0.512 e. The maximum Gasteiger partial charge on any atom is 0.195 e. The summed E-state index contributed by atoms with van der Waals surface area (Å²) in [7, 11) is 0. The summed E-state index contributed by atoms with van der Waals surface area (Å²) < 4.78 is 0. The van der Waals surface area contributed by atoms with Crippen LogP contribution < -0.4 is 0 Å². The zero-order valence-corrected chi connectivity index (χ0v) is 21.8. The van der Waals surface area contributed by atoms with Gasteiger partial charge in [-0.1, -0.05) is 56.3 Å². The van der Waals surface area contributed by atoms with Crippen molar-refractivity contribution in [3.05, 3.63) is 101 Å². The summed E-state index contributed by atoms with van der Waals surface area (Å²) in [5.74, 6) is -0.0137. The molecule has 5 rings (SSSR count). The molecular formula is C29H24IrNO3-. The molecule has 1 aromatic heterocycles. The van der Waals surface area contributed by atoms with Gasteiger partial charge in [0, 0.05) is 43.5 Å². The number of carbonyl (C=O) groups excluding carboxylic acids is 2. The third kappa shape index (κ3) is 4.91. The number of nitrogens with zero attached hydrogens (tertiary/aromatic N) is 1. The number of hydrogen-bond acceptors (Lipinski definition) is 4. The van der Waals surface area contributed by atoms with Crippen LogP contribution in [0, 0.1) is 19.9 Å². The number of pyridine rings is 1. The first-order valence-corrected chi connectivity index (χ1v) is 10.7. The number of hydrogen-bond donors (Lipinski definition) is 1. The Hall–Kier alpha value is -3.40. The van der Waals surface area contributed by atoms with Crippen LogP contribution in [0.2, 0.25) is 0 Å². The molecule has 3 aromatic carbocycles. The quantitative estimate of drug-likeness (QED) is 0.137. The van der Waals surface area contributed by atoms with E-state index in [2.05, 4.69) is 42.2 Å². The fourth-order valence-electron chi connectivity index (χ4n) is 4.29. The molecule has 1 N–H and O–H groups in total. The van der Waals surface area contributed by atoms with Gasteiger partial charge in [0.05, 0.1) is 5.76 Å². The van der Waals surface area contributed by atoms with Crippen molar-refractivity contribution in [2.24, 2.45) is 0 Å². The van der Waals surface area contributed by atoms with Crippen molar-refractivity contribution in [1.82, 2.24) is 4.98 Å². The van der Waals surface area contributed by atoms with Gasteiger partial charge in [-0.25, -0.2) is 0 Å². The molecule has 173 valence electrons. The van der Waals surface area contributed by atoms with E-state index in [0.717, 1.165) is 44.3 Å². The zero-order chi connectivity index (χ0) is 23.7. The Morgan fingerprint density at radius 2 is 1.62 bits per heavy atom. The number of carbonyl (C=O) groups is 2. The maximum atomic E-state index is 13.0. The van der Waals surface area contributed by atoms with E-state index in [4.69, 9.17) is 5.11 Å². The molecule has 5 heteroatoms. The van der Waals surface area contributed by atoms with Crippen LogP contribution in [0.4, 0.5) is 0 Å². The summed E-state index contributed by atoms with van der Waals surface area (Å²) in [6.07, 6.45) is 2.89. The van der Waals surface area contributed by atoms with Gasteiger partial charge in [0.2, 0.25) is 0 Å². The molecule has 0 saturated heterocycles. The van der Waals surface area contributed by atoms with E-state index in [9.17, 15) is 9.59 Å². The van der Waals surface area contributed by atoms with E-state index in [1.807, 2.05) is 37.3 Å². The molecule has 4 aromatic rings. The fraction of sp³-hybridized carbons (Fsp3) is 0.138. The molecule has 0 fully saturated rings. The molecule has 0 aliphatic heterocycles. The van der Waals surface area contributed by atoms with Crippen molar-refractivity contribution in [2.45, 2.75) is 27.7 Å². The smallest absolute Gasteiger partial charge is 0.195 e. The minimum atomic E-state index is -0.125. The van der Waals surface area contributed by atoms with Gasteiger partial charge in [-0.05, 0) is 41.4 Å². The minimum Gasteiger partial charge on any atom is -0.512 e. The molecule has 1 radical (unpaired) electrons. The van der Waals surface area contributed by atoms with Gasteiger partial charge in [-0.3, -0.25) is 9.59 Å². The predicted molar refractivity (Wildman–Crippen MR) is 131 cm³/mol. The average Bonchev–Trinajstić information content (AvgIpc) is 2.76. The molecule has 0 bridgehead atoms. The first kappa shape index (κ1) is 25.2. The topological polar surface area (TPSA) is 67.3 Å². The summed E-state index contributed by atoms with van der Waals surface area (Å²) in [4.78, 5) is 27.7. The Bertz CT molecular complexity index is 1430. The van der Waals surface area contributed by atoms with E-state index in [1.165, 1.54) is 25.5 Å². The summed E-state index contributed by atoms with van der Waals surface area (Å²) in [6, 6.07) is 21.6. The van der Waals surface area contributed by atoms with Gasteiger partial charge in [0.15, 0.2) is 11.6 Å². The van der Waals surface area contributed by atoms with Crippen molar-refractivity contribution in [1.29, 1.82) is 0 Å². The van der Waals surface area contributed by atoms with Crippen molar-refractivity contribution >= 4 is 22.3 Å². The molecule has 1 aliphatic rings. The molecular weight excluding hydrogens is 603 g/mol. The summed E-state index contributed by atoms with van der Waals surface area (Å²) in [6.45, 7) is 6.97. The number of allylic oxidation sites excluding steroid dienone is 2. The SMILES string of the molecule is CC(=O)/C=C(/C)O.Cc1[c-]c(-c2ncc3c4c(cccc24)-c2ccccc2C3=O)cc(C)c1.[Ir]. The van der Waals surface area contributed by atoms with E-state index in [-0.39, 0.29) is 37.4 Å². The zero-order valence-electron chi connectivity index (χ0n) is 19.4. The number of aromatic nitrogens is 1. The van der Waals surface area contributed by atoms with E-state index >= 15 is 0 Å². The van der Waals surface area contributed by atoms with Crippen LogP contribution in [0.5, 0.6) is 0 Å². The van der Waals surface area contributed by atoms with Crippen molar-refractivity contribution in [3.63, 3.8) is 0 Å². The second-order valence-corrected chi connectivity index (χ2v) is 8.27. The summed E-state index contributed by atoms with van der Waals surface area (Å²) in [5.41, 5.74) is 7.64. The van der Waals surface area contributed by atoms with Crippen LogP contribution in [0.15, 0.2) is 72.6 Å². The Balaban J connectivity index is 0.000000357. The third-order valence-corrected chi connectivity index (χ3v) is 5.43. The van der Waals surface area contributed by atoms with Gasteiger partial charge < -0.3 is 10.1 Å². The first-order chi connectivity index (χ1) is 15.8.